The number of esters is 1. The zero-order valence-corrected chi connectivity index (χ0v) is 13.2. The largest absolute Gasteiger partial charge is 0.463 e. The predicted molar refractivity (Wildman–Crippen MR) is 78.4 cm³/mol. The minimum Gasteiger partial charge on any atom is -0.463 e. The molecule has 0 amide bonds. The van der Waals surface area contributed by atoms with Crippen LogP contribution < -0.4 is 0 Å². The maximum Gasteiger partial charge on any atom is 0.309 e. The molecule has 0 unspecified atom stereocenters. The van der Waals surface area contributed by atoms with Crippen LogP contribution in [0.4, 0.5) is 0 Å². The maximum absolute atomic E-state index is 11.8. The lowest BCUT2D eigenvalue weighted by Crippen LogP contribution is -2.23. The first-order valence-electron chi connectivity index (χ1n) is 8.07. The molecule has 0 spiro atoms. The summed E-state index contributed by atoms with van der Waals surface area (Å²) in [6, 6.07) is 0. The minimum atomic E-state index is -0.0565. The summed E-state index contributed by atoms with van der Waals surface area (Å²) in [7, 11) is 0. The van der Waals surface area contributed by atoms with Gasteiger partial charge in [0.15, 0.2) is 6.29 Å². The second kappa shape index (κ2) is 10.2. The topological polar surface area (TPSA) is 44.8 Å². The number of ether oxygens (including phenoxy) is 3. The molecule has 0 bridgehead atoms. The highest BCUT2D eigenvalue weighted by atomic mass is 16.7. The van der Waals surface area contributed by atoms with E-state index in [1.54, 1.807) is 0 Å². The first-order valence-corrected chi connectivity index (χ1v) is 8.07. The summed E-state index contributed by atoms with van der Waals surface area (Å²) < 4.78 is 16.5. The maximum atomic E-state index is 11.8. The molecule has 20 heavy (non-hydrogen) atoms. The quantitative estimate of drug-likeness (QED) is 0.479. The van der Waals surface area contributed by atoms with Gasteiger partial charge in [0, 0.05) is 13.2 Å². The van der Waals surface area contributed by atoms with E-state index >= 15 is 0 Å². The van der Waals surface area contributed by atoms with Crippen molar-refractivity contribution in [2.75, 3.05) is 13.2 Å². The molecular formula is C16H30O4. The molecular weight excluding hydrogens is 256 g/mol. The SMILES string of the molecule is CC[C@H](CCCCO[C@@H]1CCCCO1)C(=O)OC(C)C. The van der Waals surface area contributed by atoms with Gasteiger partial charge >= 0.3 is 5.97 Å². The van der Waals surface area contributed by atoms with Crippen LogP contribution >= 0.6 is 0 Å². The number of hydrogen-bond acceptors (Lipinski definition) is 4. The first-order chi connectivity index (χ1) is 9.63. The summed E-state index contributed by atoms with van der Waals surface area (Å²) in [5, 5.41) is 0. The lowest BCUT2D eigenvalue weighted by Gasteiger charge is -2.22. The lowest BCUT2D eigenvalue weighted by atomic mass is 9.99. The fourth-order valence-corrected chi connectivity index (χ4v) is 2.37. The van der Waals surface area contributed by atoms with Gasteiger partial charge in [-0.2, -0.15) is 0 Å². The lowest BCUT2D eigenvalue weighted by molar-refractivity contribution is -0.163. The van der Waals surface area contributed by atoms with E-state index in [4.69, 9.17) is 14.2 Å². The van der Waals surface area contributed by atoms with Gasteiger partial charge < -0.3 is 14.2 Å². The fraction of sp³-hybridized carbons (Fsp3) is 0.938. The van der Waals surface area contributed by atoms with Crippen molar-refractivity contribution in [3.8, 4) is 0 Å². The fourth-order valence-electron chi connectivity index (χ4n) is 2.37. The smallest absolute Gasteiger partial charge is 0.309 e. The zero-order chi connectivity index (χ0) is 14.8. The Morgan fingerprint density at radius 3 is 2.70 bits per heavy atom. The second-order valence-corrected chi connectivity index (χ2v) is 5.75. The van der Waals surface area contributed by atoms with E-state index in [0.29, 0.717) is 0 Å². The molecule has 4 heteroatoms. The van der Waals surface area contributed by atoms with Crippen LogP contribution in [0.2, 0.25) is 0 Å². The average Bonchev–Trinajstić information content (AvgIpc) is 2.43. The number of rotatable bonds is 9. The van der Waals surface area contributed by atoms with Crippen molar-refractivity contribution in [2.24, 2.45) is 5.92 Å². The molecule has 1 rings (SSSR count). The summed E-state index contributed by atoms with van der Waals surface area (Å²) in [6.45, 7) is 7.37. The third-order valence-corrected chi connectivity index (χ3v) is 3.57. The van der Waals surface area contributed by atoms with E-state index < -0.39 is 0 Å². The molecule has 0 N–H and O–H groups in total. The van der Waals surface area contributed by atoms with Gasteiger partial charge in [0.25, 0.3) is 0 Å². The van der Waals surface area contributed by atoms with Crippen molar-refractivity contribution in [2.45, 2.75) is 78.1 Å². The number of unbranched alkanes of at least 4 members (excludes halogenated alkanes) is 1. The molecule has 4 nitrogen and oxygen atoms in total. The van der Waals surface area contributed by atoms with E-state index in [1.807, 2.05) is 20.8 Å². The third-order valence-electron chi connectivity index (χ3n) is 3.57. The van der Waals surface area contributed by atoms with Crippen LogP contribution in [0, 0.1) is 5.92 Å². The van der Waals surface area contributed by atoms with Crippen LogP contribution in [0.15, 0.2) is 0 Å². The number of carbonyl (C=O) groups is 1. The van der Waals surface area contributed by atoms with E-state index in [0.717, 1.165) is 51.7 Å². The molecule has 1 aliphatic heterocycles. The van der Waals surface area contributed by atoms with Crippen LogP contribution in [0.25, 0.3) is 0 Å². The van der Waals surface area contributed by atoms with E-state index in [-0.39, 0.29) is 24.3 Å². The van der Waals surface area contributed by atoms with Crippen molar-refractivity contribution in [1.29, 1.82) is 0 Å². The Labute approximate surface area is 123 Å². The first kappa shape index (κ1) is 17.4. The molecule has 0 aromatic rings. The molecule has 1 fully saturated rings. The Hall–Kier alpha value is -0.610. The molecule has 0 aromatic heterocycles. The van der Waals surface area contributed by atoms with Gasteiger partial charge in [-0.05, 0) is 52.4 Å². The van der Waals surface area contributed by atoms with E-state index in [2.05, 4.69) is 0 Å². The normalized spacial score (nSPS) is 20.9. The van der Waals surface area contributed by atoms with Gasteiger partial charge in [-0.3, -0.25) is 4.79 Å². The van der Waals surface area contributed by atoms with Crippen molar-refractivity contribution in [1.82, 2.24) is 0 Å². The van der Waals surface area contributed by atoms with Gasteiger partial charge in [0.2, 0.25) is 0 Å². The van der Waals surface area contributed by atoms with Gasteiger partial charge in [-0.15, -0.1) is 0 Å². The number of hydrogen-bond donors (Lipinski definition) is 0. The zero-order valence-electron chi connectivity index (χ0n) is 13.2. The Morgan fingerprint density at radius 2 is 2.10 bits per heavy atom. The molecule has 2 atom stereocenters. The van der Waals surface area contributed by atoms with E-state index in [9.17, 15) is 4.79 Å². The van der Waals surface area contributed by atoms with Crippen LogP contribution in [-0.2, 0) is 19.0 Å². The van der Waals surface area contributed by atoms with Crippen molar-refractivity contribution >= 4 is 5.97 Å². The third kappa shape index (κ3) is 7.25. The van der Waals surface area contributed by atoms with Crippen LogP contribution in [0.1, 0.15) is 65.7 Å². The van der Waals surface area contributed by atoms with Crippen molar-refractivity contribution in [3.05, 3.63) is 0 Å². The predicted octanol–water partition coefficient (Wildman–Crippen LogP) is 3.68. The van der Waals surface area contributed by atoms with Gasteiger partial charge in [-0.1, -0.05) is 13.3 Å². The van der Waals surface area contributed by atoms with Gasteiger partial charge in [0.1, 0.15) is 0 Å². The Bertz CT molecular complexity index is 259. The molecule has 118 valence electrons. The van der Waals surface area contributed by atoms with Crippen molar-refractivity contribution in [3.63, 3.8) is 0 Å². The highest BCUT2D eigenvalue weighted by Crippen LogP contribution is 2.17. The summed E-state index contributed by atoms with van der Waals surface area (Å²) in [4.78, 5) is 11.8. The monoisotopic (exact) mass is 286 g/mol. The highest BCUT2D eigenvalue weighted by molar-refractivity contribution is 5.72. The van der Waals surface area contributed by atoms with Crippen molar-refractivity contribution < 1.29 is 19.0 Å². The molecule has 0 radical (unpaired) electrons. The summed E-state index contributed by atoms with van der Waals surface area (Å²) in [6.07, 6.45) is 7.04. The molecule has 1 saturated heterocycles. The van der Waals surface area contributed by atoms with E-state index in [1.165, 1.54) is 6.42 Å². The standard InChI is InChI=1S/C16H30O4/c1-4-14(16(17)20-13(2)3)9-5-7-11-18-15-10-6-8-12-19-15/h13-15H,4-12H2,1-3H3/t14-,15+/m1/s1. The van der Waals surface area contributed by atoms with Gasteiger partial charge in [-0.25, -0.2) is 0 Å². The average molecular weight is 286 g/mol. The molecule has 0 saturated carbocycles. The van der Waals surface area contributed by atoms with Crippen LogP contribution in [-0.4, -0.2) is 31.6 Å². The molecule has 1 heterocycles. The molecule has 0 aliphatic carbocycles. The summed E-state index contributed by atoms with van der Waals surface area (Å²) in [5.74, 6) is -0.0256. The van der Waals surface area contributed by atoms with Crippen LogP contribution in [0.3, 0.4) is 0 Å². The second-order valence-electron chi connectivity index (χ2n) is 5.75. The Kier molecular flexibility index (Phi) is 8.86. The summed E-state index contributed by atoms with van der Waals surface area (Å²) in [5.41, 5.74) is 0. The number of carbonyl (C=O) groups excluding carboxylic acids is 1. The highest BCUT2D eigenvalue weighted by Gasteiger charge is 2.19. The molecule has 1 aliphatic rings. The summed E-state index contributed by atoms with van der Waals surface area (Å²) >= 11 is 0. The molecule has 0 aromatic carbocycles. The van der Waals surface area contributed by atoms with Crippen LogP contribution in [0.5, 0.6) is 0 Å². The minimum absolute atomic E-state index is 0.00312. The Morgan fingerprint density at radius 1 is 1.30 bits per heavy atom. The van der Waals surface area contributed by atoms with Gasteiger partial charge in [0.05, 0.1) is 12.0 Å². The Balaban J connectivity index is 2.07.